The fourth-order valence-corrected chi connectivity index (χ4v) is 13.5. The summed E-state index contributed by atoms with van der Waals surface area (Å²) >= 11 is 0.322. The second-order valence-corrected chi connectivity index (χ2v) is 26.9. The molecule has 37 nitrogen and oxygen atoms in total. The molecule has 98 heavy (non-hydrogen) atoms. The van der Waals surface area contributed by atoms with Crippen molar-refractivity contribution < 1.29 is 138 Å². The Morgan fingerprint density at radius 3 is 2.10 bits per heavy atom. The van der Waals surface area contributed by atoms with Crippen LogP contribution in [-0.4, -0.2) is 239 Å². The maximum absolute atomic E-state index is 14.4. The molecule has 14 unspecified atom stereocenters. The molecule has 15 atom stereocenters. The molecule has 4 amide bonds. The van der Waals surface area contributed by atoms with Gasteiger partial charge < -0.3 is 94.8 Å². The topological polar surface area (TPSA) is 559 Å². The fourth-order valence-electron chi connectivity index (χ4n) is 11.7. The van der Waals surface area contributed by atoms with E-state index in [9.17, 15) is 94.9 Å². The van der Waals surface area contributed by atoms with Crippen molar-refractivity contribution in [3.63, 3.8) is 0 Å². The zero-order chi connectivity index (χ0) is 71.2. The molecule has 4 fully saturated rings. The summed E-state index contributed by atoms with van der Waals surface area (Å²) in [5, 5.41) is 87.6. The maximum atomic E-state index is 14.4. The largest absolute Gasteiger partial charge is 0.479 e. The second kappa shape index (κ2) is 34.9. The highest BCUT2D eigenvalue weighted by molar-refractivity contribution is 7.94. The number of amides is 4. The van der Waals surface area contributed by atoms with Gasteiger partial charge in [0.25, 0.3) is 31.7 Å². The van der Waals surface area contributed by atoms with E-state index in [1.807, 2.05) is 4.98 Å². The Kier molecular flexibility index (Phi) is 27.3. The lowest BCUT2D eigenvalue weighted by Gasteiger charge is -2.48. The van der Waals surface area contributed by atoms with Gasteiger partial charge in [-0.05, 0) is 73.9 Å². The number of nitrogens with one attached hydrogen (secondary N) is 6. The third-order valence-electron chi connectivity index (χ3n) is 16.4. The molecule has 15 N–H and O–H groups in total. The van der Waals surface area contributed by atoms with E-state index in [1.165, 1.54) is 31.2 Å². The van der Waals surface area contributed by atoms with Gasteiger partial charge in [0.15, 0.2) is 24.8 Å². The summed E-state index contributed by atoms with van der Waals surface area (Å²) in [7, 11) is -10.3. The van der Waals surface area contributed by atoms with E-state index in [1.54, 1.807) is 6.07 Å². The van der Waals surface area contributed by atoms with Crippen molar-refractivity contribution in [1.29, 1.82) is 0 Å². The SMILES string of the molecule is CC1OC(OC2C(NC(=O)c3cc(=O)[nH]c(=O)[nH]3)CC(C(=O)NCCNC(=O)COCCOCC(=O)Nc3cc(SOOO)cc4cc(S(=O)(=O)O)cc(S(=O)(=O)O)c34)CC2OC2OC(CO)C(O)C(O[C@@H](CC3CCCCC3)C(=O)O)C2OC(=O)c2ccccc2)C(O)C(O)C1O. The van der Waals surface area contributed by atoms with Gasteiger partial charge in [0.05, 0.1) is 66.3 Å². The van der Waals surface area contributed by atoms with E-state index in [0.29, 0.717) is 31.0 Å². The molecule has 40 heteroatoms. The van der Waals surface area contributed by atoms with Gasteiger partial charge in [0.2, 0.25) is 17.7 Å². The highest BCUT2D eigenvalue weighted by atomic mass is 32.2. The summed E-state index contributed by atoms with van der Waals surface area (Å²) in [5.74, 6) is -7.48. The van der Waals surface area contributed by atoms with Gasteiger partial charge in [0, 0.05) is 35.4 Å². The number of carboxylic acid groups (broad SMARTS) is 1. The molecule has 3 aromatic carbocycles. The molecule has 1 aromatic heterocycles. The lowest BCUT2D eigenvalue weighted by Crippen LogP contribution is -2.65. The Morgan fingerprint density at radius 2 is 1.45 bits per heavy atom. The molecule has 8 rings (SSSR count). The summed E-state index contributed by atoms with van der Waals surface area (Å²) in [5.41, 5.74) is -3.08. The number of benzene rings is 3. The number of aromatic nitrogens is 2. The number of H-pyrrole nitrogens is 2. The van der Waals surface area contributed by atoms with Gasteiger partial charge in [0.1, 0.15) is 66.5 Å². The van der Waals surface area contributed by atoms with Crippen molar-refractivity contribution in [2.45, 2.75) is 159 Å². The summed E-state index contributed by atoms with van der Waals surface area (Å²) in [4.78, 5) is 109. The van der Waals surface area contributed by atoms with Gasteiger partial charge in [-0.15, -0.1) is 4.33 Å². The predicted octanol–water partition coefficient (Wildman–Crippen LogP) is -1.74. The van der Waals surface area contributed by atoms with Gasteiger partial charge >= 0.3 is 17.6 Å². The summed E-state index contributed by atoms with van der Waals surface area (Å²) in [6.07, 6.45) is -20.0. The molecule has 4 aliphatic rings. The molecule has 2 saturated carbocycles. The van der Waals surface area contributed by atoms with Crippen LogP contribution in [0.4, 0.5) is 5.69 Å². The van der Waals surface area contributed by atoms with Crippen LogP contribution in [0.15, 0.2) is 84.9 Å². The van der Waals surface area contributed by atoms with Crippen LogP contribution in [0.5, 0.6) is 0 Å². The zero-order valence-electron chi connectivity index (χ0n) is 51.8. The van der Waals surface area contributed by atoms with Gasteiger partial charge in [-0.3, -0.25) is 38.1 Å². The first-order chi connectivity index (χ1) is 46.5. The monoisotopic (exact) mass is 1450 g/mol. The third kappa shape index (κ3) is 20.6. The van der Waals surface area contributed by atoms with E-state index in [4.69, 9.17) is 43.2 Å². The average molecular weight is 1450 g/mol. The number of aliphatic hydroxyl groups is 5. The molecule has 0 spiro atoms. The lowest BCUT2D eigenvalue weighted by molar-refractivity contribution is -0.432. The Bertz CT molecular complexity index is 3780. The van der Waals surface area contributed by atoms with E-state index in [-0.39, 0.29) is 60.2 Å². The van der Waals surface area contributed by atoms with Crippen molar-refractivity contribution in [2.75, 3.05) is 51.4 Å². The Hall–Kier alpha value is -7.01. The normalized spacial score (nSPS) is 26.5. The summed E-state index contributed by atoms with van der Waals surface area (Å²) in [6.45, 7) is -2.11. The number of aromatic amines is 2. The summed E-state index contributed by atoms with van der Waals surface area (Å²) in [6, 6.07) is 10.1. The number of aliphatic hydroxyl groups excluding tert-OH is 5. The molecule has 2 aliphatic heterocycles. The van der Waals surface area contributed by atoms with Crippen LogP contribution in [0, 0.1) is 11.8 Å². The minimum Gasteiger partial charge on any atom is -0.479 e. The number of esters is 1. The number of aliphatic carboxylic acids is 1. The van der Waals surface area contributed by atoms with Crippen LogP contribution >= 0.6 is 12.0 Å². The molecule has 2 saturated heterocycles. The standard InChI is InChI=1S/C58H74N6O31S3/c1-27-45(69)47(71)48(72)56(88-27)93-49-35(62-53(74)36-23-41(66)64-58(78)63-36)19-31(20-37(49)90-57-51(92-55(77)29-10-6-3-7-11-29)50(46(70)39(24-65)91-57)89-38(54(75)76)16-28-8-4-2-5-9-28)52(73)60-13-12-59-42(67)25-86-14-15-87-26-43(68)61-34-21-32(96-95-94-79)17-30-18-33(97(80,81)82)22-40(44(30)34)98(83,84)85/h3,6-7,10-11,17-18,21-23,27-28,31,35,37-39,45-51,56-57,65,69-72,79H,2,4-5,8-9,12-16,19-20,24-26H2,1H3,(H,59,67)(H,60,73)(H,61,68)(H,62,74)(H,75,76)(H,80,81,82)(H,83,84,85)(H2,63,64,66,78)/t27?,31?,35?,37?,38-,39?,45?,46?,47?,48?,49?,50?,51?,56?,57?/m0/s1. The minimum absolute atomic E-state index is 0.0281. The van der Waals surface area contributed by atoms with E-state index < -0.39 is 212 Å². The van der Waals surface area contributed by atoms with Crippen molar-refractivity contribution in [2.24, 2.45) is 11.8 Å². The second-order valence-electron chi connectivity index (χ2n) is 23.3. The van der Waals surface area contributed by atoms with Crippen LogP contribution in [0.25, 0.3) is 10.8 Å². The van der Waals surface area contributed by atoms with E-state index in [2.05, 4.69) is 35.6 Å². The number of carbonyl (C=O) groups is 6. The van der Waals surface area contributed by atoms with Crippen LogP contribution < -0.4 is 32.5 Å². The Labute approximate surface area is 560 Å². The fraction of sp³-hybridized carbons (Fsp3) is 0.552. The van der Waals surface area contributed by atoms with Crippen molar-refractivity contribution >= 4 is 84.3 Å². The number of fused-ring (bicyclic) bond motifs is 1. The number of rotatable bonds is 31. The van der Waals surface area contributed by atoms with Crippen molar-refractivity contribution in [3.8, 4) is 0 Å². The average Bonchev–Trinajstić information content (AvgIpc) is 0.765. The number of ether oxygens (including phenoxy) is 8. The molecule has 3 heterocycles. The van der Waals surface area contributed by atoms with Crippen molar-refractivity contribution in [1.82, 2.24) is 25.9 Å². The van der Waals surface area contributed by atoms with Crippen LogP contribution in [0.1, 0.15) is 79.1 Å². The molecular weight excluding hydrogens is 1370 g/mol. The number of hydrogen-bond donors (Lipinski definition) is 15. The predicted molar refractivity (Wildman–Crippen MR) is 329 cm³/mol. The number of carbonyl (C=O) groups excluding carboxylic acids is 5. The minimum atomic E-state index is -5.23. The first-order valence-electron chi connectivity index (χ1n) is 30.5. The van der Waals surface area contributed by atoms with Gasteiger partial charge in [-0.1, -0.05) is 55.3 Å². The highest BCUT2D eigenvalue weighted by Gasteiger charge is 2.55. The van der Waals surface area contributed by atoms with E-state index in [0.717, 1.165) is 43.5 Å². The van der Waals surface area contributed by atoms with Crippen LogP contribution in [-0.2, 0) is 86.7 Å². The number of carboxylic acids is 1. The zero-order valence-corrected chi connectivity index (χ0v) is 54.3. The third-order valence-corrected chi connectivity index (χ3v) is 18.7. The Balaban J connectivity index is 0.973. The highest BCUT2D eigenvalue weighted by Crippen LogP contribution is 2.40. The van der Waals surface area contributed by atoms with Crippen LogP contribution in [0.3, 0.4) is 0 Å². The lowest BCUT2D eigenvalue weighted by atomic mass is 9.80. The maximum Gasteiger partial charge on any atom is 0.338 e. The number of anilines is 1. The van der Waals surface area contributed by atoms with Gasteiger partial charge in [-0.25, -0.2) is 19.6 Å². The summed E-state index contributed by atoms with van der Waals surface area (Å²) < 4.78 is 121. The molecule has 540 valence electrons. The van der Waals surface area contributed by atoms with Crippen LogP contribution in [0.2, 0.25) is 0 Å². The first-order valence-corrected chi connectivity index (χ1v) is 34.1. The molecule has 2 aliphatic carbocycles. The first kappa shape index (κ1) is 76.7. The smallest absolute Gasteiger partial charge is 0.338 e. The number of hydrogen-bond acceptors (Lipinski definition) is 29. The van der Waals surface area contributed by atoms with Gasteiger partial charge in [-0.2, -0.15) is 16.8 Å². The molecule has 0 bridgehead atoms. The quantitative estimate of drug-likeness (QED) is 0.00664. The molecule has 4 aromatic rings. The Morgan fingerprint density at radius 1 is 0.755 bits per heavy atom. The van der Waals surface area contributed by atoms with Crippen molar-refractivity contribution in [3.05, 3.63) is 92.8 Å². The molecular formula is C58H74N6O31S3. The van der Waals surface area contributed by atoms with E-state index >= 15 is 0 Å². The molecule has 0 radical (unpaired) electrons.